The first kappa shape index (κ1) is 20.0. The highest BCUT2D eigenvalue weighted by Crippen LogP contribution is 2.26. The van der Waals surface area contributed by atoms with Crippen LogP contribution >= 0.6 is 0 Å². The van der Waals surface area contributed by atoms with Crippen molar-refractivity contribution >= 4 is 11.6 Å². The highest BCUT2D eigenvalue weighted by molar-refractivity contribution is 6.03. The van der Waals surface area contributed by atoms with Crippen molar-refractivity contribution in [2.45, 2.75) is 45.3 Å². The van der Waals surface area contributed by atoms with Gasteiger partial charge in [-0.2, -0.15) is 0 Å². The molecule has 2 aromatic rings. The summed E-state index contributed by atoms with van der Waals surface area (Å²) in [6.45, 7) is 6.50. The highest BCUT2D eigenvalue weighted by atomic mass is 16.5. The summed E-state index contributed by atoms with van der Waals surface area (Å²) in [4.78, 5) is 15.1. The molecule has 2 aliphatic heterocycles. The van der Waals surface area contributed by atoms with Crippen molar-refractivity contribution in [2.24, 2.45) is 5.92 Å². The second-order valence-electron chi connectivity index (χ2n) is 8.12. The van der Waals surface area contributed by atoms with Crippen molar-refractivity contribution < 1.29 is 18.7 Å². The number of likely N-dealkylation sites (tertiary alicyclic amines) is 1. The van der Waals surface area contributed by atoms with E-state index in [0.29, 0.717) is 23.8 Å². The van der Waals surface area contributed by atoms with Gasteiger partial charge in [0.2, 0.25) is 0 Å². The van der Waals surface area contributed by atoms with E-state index in [2.05, 4.69) is 17.1 Å². The SMILES string of the molecule is CC1CCN(Cc2ccc(C(=O)Nc3ccccc3OCC3CCCO3)o2)CC1. The molecule has 1 aromatic carbocycles. The molecule has 6 heteroatoms. The van der Waals surface area contributed by atoms with Gasteiger partial charge in [-0.1, -0.05) is 19.1 Å². The van der Waals surface area contributed by atoms with Crippen LogP contribution in [0, 0.1) is 5.92 Å². The standard InChI is InChI=1S/C23H30N2O4/c1-17-10-12-25(13-11-17)15-18-8-9-22(29-18)23(26)24-20-6-2-3-7-21(20)28-16-19-5-4-14-27-19/h2-3,6-9,17,19H,4-5,10-16H2,1H3,(H,24,26). The highest BCUT2D eigenvalue weighted by Gasteiger charge is 2.20. The summed E-state index contributed by atoms with van der Waals surface area (Å²) in [7, 11) is 0. The summed E-state index contributed by atoms with van der Waals surface area (Å²) in [5, 5.41) is 2.91. The lowest BCUT2D eigenvalue weighted by Crippen LogP contribution is -2.32. The maximum Gasteiger partial charge on any atom is 0.291 e. The predicted molar refractivity (Wildman–Crippen MR) is 111 cm³/mol. The van der Waals surface area contributed by atoms with Crippen molar-refractivity contribution in [3.05, 3.63) is 47.9 Å². The molecule has 0 radical (unpaired) electrons. The van der Waals surface area contributed by atoms with Crippen LogP contribution < -0.4 is 10.1 Å². The van der Waals surface area contributed by atoms with Gasteiger partial charge in [0.25, 0.3) is 5.91 Å². The summed E-state index contributed by atoms with van der Waals surface area (Å²) in [5.41, 5.74) is 0.637. The molecule has 2 fully saturated rings. The van der Waals surface area contributed by atoms with Gasteiger partial charge >= 0.3 is 0 Å². The number of hydrogen-bond acceptors (Lipinski definition) is 5. The minimum atomic E-state index is -0.267. The Hall–Kier alpha value is -2.31. The second-order valence-corrected chi connectivity index (χ2v) is 8.12. The van der Waals surface area contributed by atoms with Gasteiger partial charge < -0.3 is 19.2 Å². The van der Waals surface area contributed by atoms with Gasteiger partial charge in [-0.3, -0.25) is 9.69 Å². The molecule has 0 aliphatic carbocycles. The van der Waals surface area contributed by atoms with E-state index in [9.17, 15) is 4.79 Å². The Labute approximate surface area is 172 Å². The largest absolute Gasteiger partial charge is 0.489 e. The Balaban J connectivity index is 1.34. The molecule has 0 spiro atoms. The Morgan fingerprint density at radius 2 is 2.00 bits per heavy atom. The lowest BCUT2D eigenvalue weighted by atomic mass is 9.99. The van der Waals surface area contributed by atoms with Crippen LogP contribution in [0.4, 0.5) is 5.69 Å². The van der Waals surface area contributed by atoms with E-state index in [4.69, 9.17) is 13.9 Å². The molecular formula is C23H30N2O4. The molecule has 156 valence electrons. The quantitative estimate of drug-likeness (QED) is 0.752. The molecule has 3 heterocycles. The summed E-state index contributed by atoms with van der Waals surface area (Å²) in [6, 6.07) is 11.1. The van der Waals surface area contributed by atoms with Crippen LogP contribution in [0.1, 0.15) is 48.9 Å². The monoisotopic (exact) mass is 398 g/mol. The number of rotatable bonds is 7. The second kappa shape index (κ2) is 9.46. The Morgan fingerprint density at radius 3 is 2.79 bits per heavy atom. The topological polar surface area (TPSA) is 63.9 Å². The third-order valence-corrected chi connectivity index (χ3v) is 5.73. The van der Waals surface area contributed by atoms with Crippen LogP contribution in [0.3, 0.4) is 0 Å². The zero-order valence-corrected chi connectivity index (χ0v) is 17.1. The lowest BCUT2D eigenvalue weighted by molar-refractivity contribution is 0.0681. The zero-order chi connectivity index (χ0) is 20.1. The zero-order valence-electron chi connectivity index (χ0n) is 17.1. The molecule has 6 nitrogen and oxygen atoms in total. The van der Waals surface area contributed by atoms with E-state index >= 15 is 0 Å². The Morgan fingerprint density at radius 1 is 1.17 bits per heavy atom. The van der Waals surface area contributed by atoms with Crippen LogP contribution in [0.5, 0.6) is 5.75 Å². The number of anilines is 1. The van der Waals surface area contributed by atoms with E-state index in [1.54, 1.807) is 6.07 Å². The van der Waals surface area contributed by atoms with Crippen molar-refractivity contribution in [1.82, 2.24) is 4.90 Å². The fourth-order valence-corrected chi connectivity index (χ4v) is 3.86. The van der Waals surface area contributed by atoms with Crippen LogP contribution in [0.25, 0.3) is 0 Å². The van der Waals surface area contributed by atoms with Crippen molar-refractivity contribution in [3.63, 3.8) is 0 Å². The molecule has 2 aliphatic rings. The summed E-state index contributed by atoms with van der Waals surface area (Å²) >= 11 is 0. The number of nitrogens with zero attached hydrogens (tertiary/aromatic N) is 1. The summed E-state index contributed by atoms with van der Waals surface area (Å²) in [5.74, 6) is 2.32. The molecule has 1 aromatic heterocycles. The number of amides is 1. The molecular weight excluding hydrogens is 368 g/mol. The average molecular weight is 399 g/mol. The van der Waals surface area contributed by atoms with Crippen LogP contribution in [-0.2, 0) is 11.3 Å². The third-order valence-electron chi connectivity index (χ3n) is 5.73. The smallest absolute Gasteiger partial charge is 0.291 e. The lowest BCUT2D eigenvalue weighted by Gasteiger charge is -2.29. The molecule has 0 saturated carbocycles. The normalized spacial score (nSPS) is 20.7. The summed E-state index contributed by atoms with van der Waals surface area (Å²) < 4.78 is 17.3. The van der Waals surface area contributed by atoms with Gasteiger partial charge in [0, 0.05) is 6.61 Å². The number of carbonyl (C=O) groups is 1. The number of hydrogen-bond donors (Lipinski definition) is 1. The summed E-state index contributed by atoms with van der Waals surface area (Å²) in [6.07, 6.45) is 4.65. The molecule has 1 unspecified atom stereocenters. The fraction of sp³-hybridized carbons (Fsp3) is 0.522. The minimum Gasteiger partial charge on any atom is -0.489 e. The maximum atomic E-state index is 12.7. The number of carbonyl (C=O) groups excluding carboxylic acids is 1. The van der Waals surface area contributed by atoms with Gasteiger partial charge in [-0.05, 0) is 69.0 Å². The number of ether oxygens (including phenoxy) is 2. The first-order valence-electron chi connectivity index (χ1n) is 10.6. The van der Waals surface area contributed by atoms with Crippen LogP contribution in [-0.4, -0.2) is 43.2 Å². The van der Waals surface area contributed by atoms with Crippen molar-refractivity contribution in [3.8, 4) is 5.75 Å². The predicted octanol–water partition coefficient (Wildman–Crippen LogP) is 4.32. The molecule has 29 heavy (non-hydrogen) atoms. The van der Waals surface area contributed by atoms with Gasteiger partial charge in [-0.25, -0.2) is 0 Å². The maximum absolute atomic E-state index is 12.7. The van der Waals surface area contributed by atoms with Crippen molar-refractivity contribution in [2.75, 3.05) is 31.6 Å². The minimum absolute atomic E-state index is 0.129. The number of piperidine rings is 1. The van der Waals surface area contributed by atoms with E-state index in [0.717, 1.165) is 50.8 Å². The van der Waals surface area contributed by atoms with Gasteiger partial charge in [-0.15, -0.1) is 0 Å². The molecule has 4 rings (SSSR count). The molecule has 2 saturated heterocycles. The molecule has 0 bridgehead atoms. The van der Waals surface area contributed by atoms with E-state index in [1.807, 2.05) is 30.3 Å². The fourth-order valence-electron chi connectivity index (χ4n) is 3.86. The Kier molecular flexibility index (Phi) is 6.52. The van der Waals surface area contributed by atoms with Gasteiger partial charge in [0.1, 0.15) is 18.1 Å². The van der Waals surface area contributed by atoms with Crippen molar-refractivity contribution in [1.29, 1.82) is 0 Å². The van der Waals surface area contributed by atoms with E-state index in [-0.39, 0.29) is 12.0 Å². The van der Waals surface area contributed by atoms with E-state index in [1.165, 1.54) is 12.8 Å². The van der Waals surface area contributed by atoms with E-state index < -0.39 is 0 Å². The van der Waals surface area contributed by atoms with Gasteiger partial charge in [0.05, 0.1) is 18.3 Å². The first-order chi connectivity index (χ1) is 14.2. The number of para-hydroxylation sites is 2. The number of benzene rings is 1. The first-order valence-corrected chi connectivity index (χ1v) is 10.6. The molecule has 1 atom stereocenters. The molecule has 1 amide bonds. The third kappa shape index (κ3) is 5.40. The molecule has 1 N–H and O–H groups in total. The van der Waals surface area contributed by atoms with Gasteiger partial charge in [0.15, 0.2) is 5.76 Å². The number of furan rings is 1. The van der Waals surface area contributed by atoms with Crippen LogP contribution in [0.15, 0.2) is 40.8 Å². The Bertz CT molecular complexity index is 805. The van der Waals surface area contributed by atoms with Crippen LogP contribution in [0.2, 0.25) is 0 Å². The average Bonchev–Trinajstić information content (AvgIpc) is 3.41. The number of nitrogens with one attached hydrogen (secondary N) is 1.